The van der Waals surface area contributed by atoms with Crippen LogP contribution in [0.5, 0.6) is 0 Å². The van der Waals surface area contributed by atoms with E-state index < -0.39 is 0 Å². The van der Waals surface area contributed by atoms with Crippen molar-refractivity contribution in [3.8, 4) is 0 Å². The van der Waals surface area contributed by atoms with Gasteiger partial charge >= 0.3 is 6.03 Å². The lowest BCUT2D eigenvalue weighted by Crippen LogP contribution is -2.33. The van der Waals surface area contributed by atoms with Gasteiger partial charge < -0.3 is 20.9 Å². The van der Waals surface area contributed by atoms with Gasteiger partial charge in [-0.3, -0.25) is 4.79 Å². The number of hydrogen-bond acceptors (Lipinski definition) is 3. The van der Waals surface area contributed by atoms with Gasteiger partial charge in [-0.05, 0) is 36.5 Å². The molecule has 0 aromatic carbocycles. The molecule has 3 rings (SSSR count). The zero-order valence-corrected chi connectivity index (χ0v) is 15.6. The molecule has 3 aliphatic rings. The van der Waals surface area contributed by atoms with E-state index in [1.165, 1.54) is 6.42 Å². The molecule has 3 aliphatic heterocycles. The van der Waals surface area contributed by atoms with Gasteiger partial charge in [0.2, 0.25) is 5.91 Å². The zero-order valence-electron chi connectivity index (χ0n) is 15.6. The van der Waals surface area contributed by atoms with Crippen LogP contribution in [-0.4, -0.2) is 60.5 Å². The Labute approximate surface area is 146 Å². The van der Waals surface area contributed by atoms with E-state index >= 15 is 0 Å². The fourth-order valence-corrected chi connectivity index (χ4v) is 3.52. The highest BCUT2D eigenvalue weighted by Crippen LogP contribution is 2.25. The topological polar surface area (TPSA) is 88.6 Å². The molecule has 3 amide bonds. The van der Waals surface area contributed by atoms with Gasteiger partial charge in [-0.15, -0.1) is 0 Å². The molecule has 3 unspecified atom stereocenters. The highest BCUT2D eigenvalue weighted by Gasteiger charge is 2.36. The monoisotopic (exact) mass is 338 g/mol. The maximum absolute atomic E-state index is 11.6. The molecular weight excluding hydrogens is 304 g/mol. The number of carbonyl (C=O) groups is 2. The van der Waals surface area contributed by atoms with Gasteiger partial charge in [0.1, 0.15) is 0 Å². The summed E-state index contributed by atoms with van der Waals surface area (Å²) < 4.78 is 0. The van der Waals surface area contributed by atoms with E-state index in [1.54, 1.807) is 4.90 Å². The van der Waals surface area contributed by atoms with Crippen LogP contribution in [0, 0.1) is 23.7 Å². The number of carbonyl (C=O) groups excluding carboxylic acids is 2. The summed E-state index contributed by atoms with van der Waals surface area (Å²) in [6.07, 6.45) is 2.30. The molecule has 0 bridgehead atoms. The van der Waals surface area contributed by atoms with Crippen LogP contribution >= 0.6 is 0 Å². The molecule has 0 aliphatic carbocycles. The van der Waals surface area contributed by atoms with Crippen LogP contribution in [0.4, 0.5) is 4.79 Å². The number of urea groups is 1. The molecule has 24 heavy (non-hydrogen) atoms. The van der Waals surface area contributed by atoms with Gasteiger partial charge in [0.15, 0.2) is 0 Å². The Morgan fingerprint density at radius 3 is 1.75 bits per heavy atom. The summed E-state index contributed by atoms with van der Waals surface area (Å²) in [6.45, 7) is 13.4. The van der Waals surface area contributed by atoms with Crippen molar-refractivity contribution >= 4 is 11.9 Å². The third kappa shape index (κ3) is 5.10. The van der Waals surface area contributed by atoms with E-state index in [0.717, 1.165) is 45.1 Å². The molecule has 6 nitrogen and oxygen atoms in total. The first-order chi connectivity index (χ1) is 11.3. The molecule has 0 spiro atoms. The first kappa shape index (κ1) is 19.0. The van der Waals surface area contributed by atoms with Crippen LogP contribution < -0.4 is 11.1 Å². The Hall–Kier alpha value is -1.30. The van der Waals surface area contributed by atoms with Crippen molar-refractivity contribution in [1.29, 1.82) is 0 Å². The van der Waals surface area contributed by atoms with Crippen molar-refractivity contribution < 1.29 is 9.59 Å². The molecule has 3 atom stereocenters. The molecule has 6 heteroatoms. The molecule has 3 heterocycles. The summed E-state index contributed by atoms with van der Waals surface area (Å²) in [5.41, 5.74) is 5.15. The largest absolute Gasteiger partial charge is 0.351 e. The van der Waals surface area contributed by atoms with E-state index in [9.17, 15) is 9.59 Å². The molecule has 0 radical (unpaired) electrons. The maximum atomic E-state index is 11.6. The fourth-order valence-electron chi connectivity index (χ4n) is 3.52. The van der Waals surface area contributed by atoms with Crippen molar-refractivity contribution in [1.82, 2.24) is 15.1 Å². The van der Waals surface area contributed by atoms with Crippen LogP contribution in [0.25, 0.3) is 0 Å². The van der Waals surface area contributed by atoms with Gasteiger partial charge in [0.05, 0.1) is 6.04 Å². The Balaban J connectivity index is 0.000000177. The molecule has 3 fully saturated rings. The van der Waals surface area contributed by atoms with Gasteiger partial charge in [-0.1, -0.05) is 27.7 Å². The van der Waals surface area contributed by atoms with Crippen molar-refractivity contribution in [3.63, 3.8) is 0 Å². The Kier molecular flexibility index (Phi) is 6.49. The quantitative estimate of drug-likeness (QED) is 0.764. The third-order valence-electron chi connectivity index (χ3n) is 5.66. The normalized spacial score (nSPS) is 29.0. The molecule has 138 valence electrons. The number of likely N-dealkylation sites (tertiary alicyclic amines) is 2. The number of amides is 3. The average Bonchev–Trinajstić information content (AvgIpc) is 3.05. The van der Waals surface area contributed by atoms with E-state index in [-0.39, 0.29) is 12.1 Å². The summed E-state index contributed by atoms with van der Waals surface area (Å²) in [6, 6.07) is -0.112. The maximum Gasteiger partial charge on any atom is 0.314 e. The minimum Gasteiger partial charge on any atom is -0.351 e. The Morgan fingerprint density at radius 1 is 0.958 bits per heavy atom. The van der Waals surface area contributed by atoms with Crippen molar-refractivity contribution in [2.24, 2.45) is 29.4 Å². The van der Waals surface area contributed by atoms with Gasteiger partial charge in [-0.25, -0.2) is 4.79 Å². The average molecular weight is 338 g/mol. The highest BCUT2D eigenvalue weighted by atomic mass is 16.2. The first-order valence-corrected chi connectivity index (χ1v) is 9.36. The number of nitrogens with zero attached hydrogens (tertiary/aromatic N) is 2. The van der Waals surface area contributed by atoms with Crippen LogP contribution in [0.15, 0.2) is 0 Å². The number of hydrogen-bond donors (Lipinski definition) is 2. The predicted molar refractivity (Wildman–Crippen MR) is 95.4 cm³/mol. The van der Waals surface area contributed by atoms with Crippen molar-refractivity contribution in [3.05, 3.63) is 0 Å². The number of nitrogens with one attached hydrogen (secondary N) is 1. The van der Waals surface area contributed by atoms with Crippen LogP contribution in [0.2, 0.25) is 0 Å². The fraction of sp³-hybridized carbons (Fsp3) is 0.889. The second kappa shape index (κ2) is 8.19. The van der Waals surface area contributed by atoms with Crippen LogP contribution in [0.1, 0.15) is 40.5 Å². The van der Waals surface area contributed by atoms with Gasteiger partial charge in [0, 0.05) is 32.7 Å². The van der Waals surface area contributed by atoms with Gasteiger partial charge in [0.25, 0.3) is 0 Å². The minimum absolute atomic E-state index is 0.158. The van der Waals surface area contributed by atoms with E-state index in [4.69, 9.17) is 5.73 Å². The minimum atomic E-state index is -0.270. The zero-order chi connectivity index (χ0) is 17.9. The number of primary amides is 1. The van der Waals surface area contributed by atoms with Crippen LogP contribution in [-0.2, 0) is 4.79 Å². The second-order valence-corrected chi connectivity index (χ2v) is 8.11. The standard InChI is InChI=1S/C10H18N2O.C8H16N2O/c1-7(2)8-3-4-12(6-8)10(13)9-5-11-9;1-6(2)7-3-4-10(5-7)8(9)11/h7-9,11H,3-6H2,1-2H3;6-7H,3-5H2,1-2H3,(H2,9,11). The molecule has 0 aromatic rings. The summed E-state index contributed by atoms with van der Waals surface area (Å²) in [4.78, 5) is 26.1. The summed E-state index contributed by atoms with van der Waals surface area (Å²) in [5, 5.41) is 3.06. The summed E-state index contributed by atoms with van der Waals surface area (Å²) >= 11 is 0. The van der Waals surface area contributed by atoms with E-state index in [2.05, 4.69) is 33.0 Å². The van der Waals surface area contributed by atoms with Crippen molar-refractivity contribution in [2.75, 3.05) is 32.7 Å². The number of nitrogens with two attached hydrogens (primary N) is 1. The summed E-state index contributed by atoms with van der Waals surface area (Å²) in [5.74, 6) is 3.08. The lowest BCUT2D eigenvalue weighted by Gasteiger charge is -2.17. The molecule has 3 N–H and O–H groups in total. The smallest absolute Gasteiger partial charge is 0.314 e. The highest BCUT2D eigenvalue weighted by molar-refractivity contribution is 5.84. The lowest BCUT2D eigenvalue weighted by molar-refractivity contribution is -0.129. The predicted octanol–water partition coefficient (Wildman–Crippen LogP) is 1.51. The number of rotatable bonds is 3. The molecule has 3 saturated heterocycles. The molecule has 0 aromatic heterocycles. The van der Waals surface area contributed by atoms with Crippen LogP contribution in [0.3, 0.4) is 0 Å². The molecule has 0 saturated carbocycles. The second-order valence-electron chi connectivity index (χ2n) is 8.11. The van der Waals surface area contributed by atoms with Crippen molar-refractivity contribution in [2.45, 2.75) is 46.6 Å². The summed E-state index contributed by atoms with van der Waals surface area (Å²) in [7, 11) is 0. The lowest BCUT2D eigenvalue weighted by atomic mass is 9.95. The van der Waals surface area contributed by atoms with Gasteiger partial charge in [-0.2, -0.15) is 0 Å². The third-order valence-corrected chi connectivity index (χ3v) is 5.66. The SMILES string of the molecule is CC(C)C1CCN(C(=O)C2CN2)C1.CC(C)C1CCN(C(N)=O)C1. The Bertz CT molecular complexity index is 448. The van der Waals surface area contributed by atoms with E-state index in [1.807, 2.05) is 4.90 Å². The molecular formula is C18H34N4O2. The van der Waals surface area contributed by atoms with E-state index in [0.29, 0.717) is 23.7 Å². The first-order valence-electron chi connectivity index (χ1n) is 9.36. The Morgan fingerprint density at radius 2 is 1.42 bits per heavy atom.